The minimum atomic E-state index is -0.252. The normalized spacial score (nSPS) is 11.1. The second-order valence-corrected chi connectivity index (χ2v) is 6.11. The van der Waals surface area contributed by atoms with E-state index >= 15 is 0 Å². The summed E-state index contributed by atoms with van der Waals surface area (Å²) in [6, 6.07) is 10.2. The minimum absolute atomic E-state index is 0.252. The lowest BCUT2D eigenvalue weighted by Crippen LogP contribution is -1.78. The first kappa shape index (κ1) is 12.1. The van der Waals surface area contributed by atoms with Crippen LogP contribution < -0.4 is 0 Å². The molecule has 0 aliphatic rings. The summed E-state index contributed by atoms with van der Waals surface area (Å²) in [6.07, 6.45) is 0. The van der Waals surface area contributed by atoms with Gasteiger partial charge in [0.25, 0.3) is 0 Å². The van der Waals surface area contributed by atoms with Crippen LogP contribution in [0.3, 0.4) is 0 Å². The molecule has 0 spiro atoms. The number of benzene rings is 2. The quantitative estimate of drug-likeness (QED) is 0.567. The Kier molecular flexibility index (Phi) is 3.09. The molecule has 0 amide bonds. The van der Waals surface area contributed by atoms with Crippen LogP contribution in [-0.2, 0) is 0 Å². The number of hydrogen-bond acceptors (Lipinski definition) is 2. The Morgan fingerprint density at radius 3 is 2.83 bits per heavy atom. The number of nitrogens with zero attached hydrogens (tertiary/aromatic N) is 1. The fourth-order valence-corrected chi connectivity index (χ4v) is 3.32. The SMILES string of the molecule is Fc1ccc2nc(-c3cc(Br)ccc3Cl)sc2c1. The molecule has 3 aromatic rings. The van der Waals surface area contributed by atoms with Crippen LogP contribution in [0.15, 0.2) is 40.9 Å². The average molecular weight is 343 g/mol. The molecule has 0 saturated heterocycles. The zero-order chi connectivity index (χ0) is 12.7. The smallest absolute Gasteiger partial charge is 0.126 e. The van der Waals surface area contributed by atoms with Crippen molar-refractivity contribution in [2.75, 3.05) is 0 Å². The fourth-order valence-electron chi connectivity index (χ4n) is 1.68. The van der Waals surface area contributed by atoms with E-state index in [-0.39, 0.29) is 5.82 Å². The van der Waals surface area contributed by atoms with Crippen LogP contribution in [0.25, 0.3) is 20.8 Å². The van der Waals surface area contributed by atoms with Gasteiger partial charge in [0.1, 0.15) is 10.8 Å². The lowest BCUT2D eigenvalue weighted by Gasteiger charge is -2.00. The number of halogens is 3. The molecule has 0 unspecified atom stereocenters. The molecular weight excluding hydrogens is 337 g/mol. The fraction of sp³-hybridized carbons (Fsp3) is 0. The van der Waals surface area contributed by atoms with Crippen molar-refractivity contribution in [3.8, 4) is 10.6 Å². The maximum absolute atomic E-state index is 13.1. The maximum Gasteiger partial charge on any atom is 0.126 e. The highest BCUT2D eigenvalue weighted by Gasteiger charge is 2.10. The van der Waals surface area contributed by atoms with Crippen molar-refractivity contribution >= 4 is 49.1 Å². The predicted octanol–water partition coefficient (Wildman–Crippen LogP) is 5.52. The van der Waals surface area contributed by atoms with Crippen molar-refractivity contribution in [1.29, 1.82) is 0 Å². The molecule has 1 nitrogen and oxygen atoms in total. The zero-order valence-corrected chi connectivity index (χ0v) is 12.1. The topological polar surface area (TPSA) is 12.9 Å². The molecule has 90 valence electrons. The highest BCUT2D eigenvalue weighted by molar-refractivity contribution is 9.10. The zero-order valence-electron chi connectivity index (χ0n) is 8.95. The van der Waals surface area contributed by atoms with Crippen LogP contribution in [0.4, 0.5) is 4.39 Å². The lowest BCUT2D eigenvalue weighted by molar-refractivity contribution is 0.630. The van der Waals surface area contributed by atoms with Crippen LogP contribution in [-0.4, -0.2) is 4.98 Å². The third-order valence-corrected chi connectivity index (χ3v) is 4.38. The van der Waals surface area contributed by atoms with Crippen molar-refractivity contribution in [2.24, 2.45) is 0 Å². The highest BCUT2D eigenvalue weighted by atomic mass is 79.9. The largest absolute Gasteiger partial charge is 0.236 e. The Labute approximate surface area is 120 Å². The van der Waals surface area contributed by atoms with Gasteiger partial charge < -0.3 is 0 Å². The molecule has 0 bridgehead atoms. The summed E-state index contributed by atoms with van der Waals surface area (Å²) in [5.41, 5.74) is 1.64. The van der Waals surface area contributed by atoms with Crippen LogP contribution in [0.2, 0.25) is 5.02 Å². The van der Waals surface area contributed by atoms with Gasteiger partial charge in [0.2, 0.25) is 0 Å². The molecule has 0 radical (unpaired) electrons. The Hall–Kier alpha value is -0.970. The summed E-state index contributed by atoms with van der Waals surface area (Å²) in [5.74, 6) is -0.252. The van der Waals surface area contributed by atoms with E-state index < -0.39 is 0 Å². The minimum Gasteiger partial charge on any atom is -0.236 e. The maximum atomic E-state index is 13.1. The first-order chi connectivity index (χ1) is 8.63. The Bertz CT molecular complexity index is 741. The molecule has 0 atom stereocenters. The predicted molar refractivity (Wildman–Crippen MR) is 77.7 cm³/mol. The Morgan fingerprint density at radius 2 is 2.00 bits per heavy atom. The van der Waals surface area contributed by atoms with E-state index in [2.05, 4.69) is 20.9 Å². The van der Waals surface area contributed by atoms with Gasteiger partial charge in [-0.1, -0.05) is 27.5 Å². The third kappa shape index (κ3) is 2.16. The molecule has 3 rings (SSSR count). The van der Waals surface area contributed by atoms with Gasteiger partial charge in [0, 0.05) is 10.0 Å². The van der Waals surface area contributed by atoms with Gasteiger partial charge in [-0.2, -0.15) is 0 Å². The average Bonchev–Trinajstić information content (AvgIpc) is 2.74. The van der Waals surface area contributed by atoms with E-state index in [1.165, 1.54) is 23.5 Å². The lowest BCUT2D eigenvalue weighted by atomic mass is 10.2. The highest BCUT2D eigenvalue weighted by Crippen LogP contribution is 2.35. The Balaban J connectivity index is 2.22. The standard InChI is InChI=1S/C13H6BrClFNS/c14-7-1-3-10(15)9(5-7)13-17-11-4-2-8(16)6-12(11)18-13/h1-6H. The van der Waals surface area contributed by atoms with Gasteiger partial charge in [-0.3, -0.25) is 0 Å². The van der Waals surface area contributed by atoms with Crippen LogP contribution in [0, 0.1) is 5.82 Å². The molecule has 0 fully saturated rings. The third-order valence-electron chi connectivity index (χ3n) is 2.51. The molecule has 0 aliphatic heterocycles. The van der Waals surface area contributed by atoms with Crippen molar-refractivity contribution < 1.29 is 4.39 Å². The van der Waals surface area contributed by atoms with Gasteiger partial charge in [-0.15, -0.1) is 11.3 Å². The molecule has 0 saturated carbocycles. The summed E-state index contributed by atoms with van der Waals surface area (Å²) < 4.78 is 14.9. The summed E-state index contributed by atoms with van der Waals surface area (Å²) >= 11 is 11.0. The first-order valence-electron chi connectivity index (χ1n) is 5.15. The van der Waals surface area contributed by atoms with Gasteiger partial charge in [0.15, 0.2) is 0 Å². The van der Waals surface area contributed by atoms with Gasteiger partial charge in [-0.05, 0) is 36.4 Å². The van der Waals surface area contributed by atoms with Crippen LogP contribution >= 0.6 is 38.9 Å². The number of fused-ring (bicyclic) bond motifs is 1. The number of hydrogen-bond donors (Lipinski definition) is 0. The van der Waals surface area contributed by atoms with Crippen molar-refractivity contribution in [3.63, 3.8) is 0 Å². The molecule has 0 aliphatic carbocycles. The molecule has 1 heterocycles. The summed E-state index contributed by atoms with van der Waals surface area (Å²) in [5, 5.41) is 1.43. The van der Waals surface area contributed by atoms with E-state index in [0.717, 1.165) is 25.3 Å². The number of thiazole rings is 1. The van der Waals surface area contributed by atoms with E-state index in [0.29, 0.717) is 5.02 Å². The molecule has 0 N–H and O–H groups in total. The van der Waals surface area contributed by atoms with Gasteiger partial charge in [0.05, 0.1) is 15.2 Å². The summed E-state index contributed by atoms with van der Waals surface area (Å²) in [7, 11) is 0. The molecule has 18 heavy (non-hydrogen) atoms. The number of aromatic nitrogens is 1. The van der Waals surface area contributed by atoms with Crippen molar-refractivity contribution in [3.05, 3.63) is 51.7 Å². The molecule has 2 aromatic carbocycles. The van der Waals surface area contributed by atoms with Crippen LogP contribution in [0.1, 0.15) is 0 Å². The first-order valence-corrected chi connectivity index (χ1v) is 7.14. The number of rotatable bonds is 1. The second-order valence-electron chi connectivity index (χ2n) is 3.76. The van der Waals surface area contributed by atoms with Crippen molar-refractivity contribution in [1.82, 2.24) is 4.98 Å². The molecular formula is C13H6BrClFNS. The summed E-state index contributed by atoms with van der Waals surface area (Å²) in [4.78, 5) is 4.47. The molecule has 5 heteroatoms. The van der Waals surface area contributed by atoms with Gasteiger partial charge >= 0.3 is 0 Å². The molecule has 1 aromatic heterocycles. The van der Waals surface area contributed by atoms with Gasteiger partial charge in [-0.25, -0.2) is 9.37 Å². The second kappa shape index (κ2) is 4.61. The van der Waals surface area contributed by atoms with E-state index in [9.17, 15) is 4.39 Å². The summed E-state index contributed by atoms with van der Waals surface area (Å²) in [6.45, 7) is 0. The Morgan fingerprint density at radius 1 is 1.17 bits per heavy atom. The monoisotopic (exact) mass is 341 g/mol. The van der Waals surface area contributed by atoms with E-state index in [1.807, 2.05) is 18.2 Å². The van der Waals surface area contributed by atoms with E-state index in [1.54, 1.807) is 6.07 Å². The van der Waals surface area contributed by atoms with E-state index in [4.69, 9.17) is 11.6 Å². The van der Waals surface area contributed by atoms with Crippen LogP contribution in [0.5, 0.6) is 0 Å². The van der Waals surface area contributed by atoms with Crippen molar-refractivity contribution in [2.45, 2.75) is 0 Å².